The second-order valence-corrected chi connectivity index (χ2v) is 7.23. The van der Waals surface area contributed by atoms with Gasteiger partial charge in [-0.2, -0.15) is 0 Å². The number of nitrogens with one attached hydrogen (secondary N) is 1. The van der Waals surface area contributed by atoms with Crippen molar-refractivity contribution in [2.24, 2.45) is 35.3 Å². The molecule has 2 aliphatic carbocycles. The Bertz CT molecular complexity index is 318. The van der Waals surface area contributed by atoms with Crippen molar-refractivity contribution in [3.05, 3.63) is 0 Å². The number of rotatable bonds is 3. The van der Waals surface area contributed by atoms with Crippen molar-refractivity contribution in [2.45, 2.75) is 58.9 Å². The Kier molecular flexibility index (Phi) is 4.88. The van der Waals surface area contributed by atoms with E-state index in [-0.39, 0.29) is 17.9 Å². The highest BCUT2D eigenvalue weighted by atomic mass is 16.1. The lowest BCUT2D eigenvalue weighted by atomic mass is 9.72. The Morgan fingerprint density at radius 1 is 1.11 bits per heavy atom. The molecule has 0 aromatic heterocycles. The van der Waals surface area contributed by atoms with Crippen LogP contribution in [-0.2, 0) is 4.79 Å². The zero-order valence-electron chi connectivity index (χ0n) is 12.7. The van der Waals surface area contributed by atoms with Gasteiger partial charge < -0.3 is 11.1 Å². The van der Waals surface area contributed by atoms with Crippen molar-refractivity contribution >= 4 is 5.91 Å². The van der Waals surface area contributed by atoms with Crippen molar-refractivity contribution in [2.75, 3.05) is 6.54 Å². The maximum absolute atomic E-state index is 12.3. The first-order valence-electron chi connectivity index (χ1n) is 8.00. The smallest absolute Gasteiger partial charge is 0.223 e. The molecule has 3 heteroatoms. The Morgan fingerprint density at radius 2 is 1.84 bits per heavy atom. The second kappa shape index (κ2) is 6.25. The highest BCUT2D eigenvalue weighted by molar-refractivity contribution is 5.79. The molecule has 0 aliphatic heterocycles. The van der Waals surface area contributed by atoms with E-state index in [0.717, 1.165) is 25.3 Å². The molecule has 0 radical (unpaired) electrons. The van der Waals surface area contributed by atoms with Gasteiger partial charge in [0.25, 0.3) is 0 Å². The molecule has 0 saturated heterocycles. The van der Waals surface area contributed by atoms with E-state index in [1.165, 1.54) is 19.3 Å². The molecule has 2 fully saturated rings. The van der Waals surface area contributed by atoms with Gasteiger partial charge in [0.05, 0.1) is 0 Å². The third-order valence-corrected chi connectivity index (χ3v) is 5.39. The number of nitrogens with two attached hydrogens (primary N) is 1. The van der Waals surface area contributed by atoms with Crippen LogP contribution in [0.2, 0.25) is 0 Å². The lowest BCUT2D eigenvalue weighted by Gasteiger charge is -2.36. The fourth-order valence-corrected chi connectivity index (χ4v) is 3.94. The first-order valence-corrected chi connectivity index (χ1v) is 8.00. The molecule has 2 rings (SSSR count). The lowest BCUT2D eigenvalue weighted by molar-refractivity contribution is -0.128. The monoisotopic (exact) mass is 266 g/mol. The number of amides is 1. The molecular formula is C16H30N2O. The number of hydrogen-bond donors (Lipinski definition) is 2. The summed E-state index contributed by atoms with van der Waals surface area (Å²) in [5, 5.41) is 3.19. The summed E-state index contributed by atoms with van der Waals surface area (Å²) in [6.45, 7) is 7.59. The van der Waals surface area contributed by atoms with Crippen LogP contribution in [0.3, 0.4) is 0 Å². The van der Waals surface area contributed by atoms with Gasteiger partial charge in [0, 0.05) is 18.5 Å². The zero-order valence-corrected chi connectivity index (χ0v) is 12.7. The van der Waals surface area contributed by atoms with E-state index in [0.29, 0.717) is 17.8 Å². The summed E-state index contributed by atoms with van der Waals surface area (Å²) in [4.78, 5) is 12.3. The molecule has 0 heterocycles. The van der Waals surface area contributed by atoms with Crippen molar-refractivity contribution in [1.82, 2.24) is 5.32 Å². The number of carbonyl (C=O) groups is 1. The second-order valence-electron chi connectivity index (χ2n) is 7.23. The summed E-state index contributed by atoms with van der Waals surface area (Å²) in [6.07, 6.45) is 5.81. The van der Waals surface area contributed by atoms with E-state index in [2.05, 4.69) is 26.1 Å². The molecule has 0 spiro atoms. The summed E-state index contributed by atoms with van der Waals surface area (Å²) in [7, 11) is 0. The summed E-state index contributed by atoms with van der Waals surface area (Å²) in [5.74, 6) is 2.93. The van der Waals surface area contributed by atoms with Gasteiger partial charge in [-0.05, 0) is 49.4 Å². The quantitative estimate of drug-likeness (QED) is 0.825. The van der Waals surface area contributed by atoms with Crippen LogP contribution >= 0.6 is 0 Å². The third kappa shape index (κ3) is 3.71. The number of carbonyl (C=O) groups excluding carboxylic acids is 1. The Morgan fingerprint density at radius 3 is 2.47 bits per heavy atom. The van der Waals surface area contributed by atoms with Gasteiger partial charge >= 0.3 is 0 Å². The van der Waals surface area contributed by atoms with Gasteiger partial charge in [-0.15, -0.1) is 0 Å². The van der Waals surface area contributed by atoms with E-state index in [4.69, 9.17) is 5.73 Å². The molecule has 110 valence electrons. The molecule has 3 N–H and O–H groups in total. The van der Waals surface area contributed by atoms with E-state index < -0.39 is 0 Å². The lowest BCUT2D eigenvalue weighted by Crippen LogP contribution is -2.45. The van der Waals surface area contributed by atoms with Crippen LogP contribution in [0.5, 0.6) is 0 Å². The van der Waals surface area contributed by atoms with Gasteiger partial charge in [0.2, 0.25) is 5.91 Å². The summed E-state index contributed by atoms with van der Waals surface area (Å²) in [5.41, 5.74) is 6.13. The van der Waals surface area contributed by atoms with E-state index in [9.17, 15) is 4.79 Å². The van der Waals surface area contributed by atoms with E-state index in [1.807, 2.05) is 0 Å². The van der Waals surface area contributed by atoms with E-state index >= 15 is 0 Å². The van der Waals surface area contributed by atoms with Crippen LogP contribution < -0.4 is 11.1 Å². The van der Waals surface area contributed by atoms with Gasteiger partial charge in [0.1, 0.15) is 0 Å². The standard InChI is InChI=1S/C16H30N2O/c1-10-4-5-13(6-10)9-18-16(19)14-8-15(17)12(3)7-11(14)2/h10-15H,4-9,17H2,1-3H3,(H,18,19). The van der Waals surface area contributed by atoms with Gasteiger partial charge in [-0.1, -0.05) is 27.2 Å². The highest BCUT2D eigenvalue weighted by Crippen LogP contribution is 2.33. The molecule has 2 saturated carbocycles. The molecule has 0 bridgehead atoms. The molecule has 6 atom stereocenters. The minimum absolute atomic E-state index is 0.130. The Balaban J connectivity index is 1.79. The van der Waals surface area contributed by atoms with Gasteiger partial charge in [-0.3, -0.25) is 4.79 Å². The molecule has 3 nitrogen and oxygen atoms in total. The first-order chi connectivity index (χ1) is 8.97. The predicted octanol–water partition coefficient (Wildman–Crippen LogP) is 2.55. The molecule has 0 aromatic carbocycles. The van der Waals surface area contributed by atoms with Crippen molar-refractivity contribution in [3.63, 3.8) is 0 Å². The van der Waals surface area contributed by atoms with Crippen molar-refractivity contribution < 1.29 is 4.79 Å². The zero-order chi connectivity index (χ0) is 14.0. The summed E-state index contributed by atoms with van der Waals surface area (Å²) < 4.78 is 0. The van der Waals surface area contributed by atoms with Crippen LogP contribution in [-0.4, -0.2) is 18.5 Å². The van der Waals surface area contributed by atoms with Crippen molar-refractivity contribution in [3.8, 4) is 0 Å². The summed E-state index contributed by atoms with van der Waals surface area (Å²) >= 11 is 0. The predicted molar refractivity (Wildman–Crippen MR) is 78.5 cm³/mol. The fraction of sp³-hybridized carbons (Fsp3) is 0.938. The van der Waals surface area contributed by atoms with Crippen molar-refractivity contribution in [1.29, 1.82) is 0 Å². The SMILES string of the molecule is CC1CCC(CNC(=O)C2CC(N)C(C)CC2C)C1. The minimum atomic E-state index is 0.130. The maximum Gasteiger partial charge on any atom is 0.223 e. The fourth-order valence-electron chi connectivity index (χ4n) is 3.94. The van der Waals surface area contributed by atoms with Crippen LogP contribution in [0, 0.1) is 29.6 Å². The van der Waals surface area contributed by atoms with E-state index in [1.54, 1.807) is 0 Å². The molecule has 6 unspecified atom stereocenters. The van der Waals surface area contributed by atoms with Gasteiger partial charge in [0.15, 0.2) is 0 Å². The average molecular weight is 266 g/mol. The van der Waals surface area contributed by atoms with Crippen LogP contribution in [0.1, 0.15) is 52.9 Å². The molecule has 0 aromatic rings. The Hall–Kier alpha value is -0.570. The topological polar surface area (TPSA) is 55.1 Å². The largest absolute Gasteiger partial charge is 0.356 e. The van der Waals surface area contributed by atoms with Crippen LogP contribution in [0.15, 0.2) is 0 Å². The molecule has 2 aliphatic rings. The maximum atomic E-state index is 12.3. The van der Waals surface area contributed by atoms with Crippen LogP contribution in [0.4, 0.5) is 0 Å². The number of hydrogen-bond acceptors (Lipinski definition) is 2. The minimum Gasteiger partial charge on any atom is -0.356 e. The molecule has 19 heavy (non-hydrogen) atoms. The highest BCUT2D eigenvalue weighted by Gasteiger charge is 2.35. The summed E-state index contributed by atoms with van der Waals surface area (Å²) in [6, 6.07) is 0.193. The van der Waals surface area contributed by atoms with Gasteiger partial charge in [-0.25, -0.2) is 0 Å². The molecule has 1 amide bonds. The third-order valence-electron chi connectivity index (χ3n) is 5.39. The molecular weight excluding hydrogens is 236 g/mol. The first kappa shape index (κ1) is 14.8. The normalized spacial score (nSPS) is 43.2. The Labute approximate surface area is 117 Å². The average Bonchev–Trinajstić information content (AvgIpc) is 2.77. The van der Waals surface area contributed by atoms with Crippen LogP contribution in [0.25, 0.3) is 0 Å².